The van der Waals surface area contributed by atoms with Crippen molar-refractivity contribution in [3.63, 3.8) is 0 Å². The van der Waals surface area contributed by atoms with Crippen LogP contribution in [0.3, 0.4) is 0 Å². The van der Waals surface area contributed by atoms with Crippen LogP contribution in [0.1, 0.15) is 23.6 Å². The second kappa shape index (κ2) is 6.80. The first-order chi connectivity index (χ1) is 12.7. The topological polar surface area (TPSA) is 67.5 Å². The number of benzene rings is 3. The molecular formula is C21H17N3O2. The van der Waals surface area contributed by atoms with Gasteiger partial charge in [0.1, 0.15) is 0 Å². The molecule has 1 N–H and O–H groups in total. The van der Waals surface area contributed by atoms with Gasteiger partial charge in [-0.15, -0.1) is 0 Å². The number of hydrogen-bond donors (Lipinski definition) is 1. The van der Waals surface area contributed by atoms with Gasteiger partial charge in [0.15, 0.2) is 0 Å². The molecule has 1 aliphatic heterocycles. The number of nitro benzene ring substituents is 1. The lowest BCUT2D eigenvalue weighted by atomic mass is 9.97. The third-order valence-electron chi connectivity index (χ3n) is 4.50. The van der Waals surface area contributed by atoms with Gasteiger partial charge in [-0.25, -0.2) is 0 Å². The van der Waals surface area contributed by atoms with Gasteiger partial charge in [-0.3, -0.25) is 15.1 Å². The maximum absolute atomic E-state index is 10.9. The molecule has 0 saturated heterocycles. The molecule has 5 heteroatoms. The zero-order chi connectivity index (χ0) is 17.9. The third kappa shape index (κ3) is 3.19. The standard InChI is InChI=1S/C21H17N3O2/c25-24(26)17-12-10-16(11-13-17)21-14-20(15-6-2-1-3-7-15)22-18-8-4-5-9-19(18)23-21/h1-13,21,23H,14H2. The predicted molar refractivity (Wildman–Crippen MR) is 103 cm³/mol. The van der Waals surface area contributed by atoms with Crippen molar-refractivity contribution in [2.75, 3.05) is 5.32 Å². The van der Waals surface area contributed by atoms with Crippen LogP contribution in [0.4, 0.5) is 17.1 Å². The quantitative estimate of drug-likeness (QED) is 0.520. The summed E-state index contributed by atoms with van der Waals surface area (Å²) in [6.07, 6.45) is 0.691. The van der Waals surface area contributed by atoms with Gasteiger partial charge in [0.2, 0.25) is 0 Å². The van der Waals surface area contributed by atoms with Crippen molar-refractivity contribution in [3.8, 4) is 0 Å². The molecule has 0 aromatic heterocycles. The Morgan fingerprint density at radius 1 is 0.923 bits per heavy atom. The Morgan fingerprint density at radius 3 is 2.35 bits per heavy atom. The van der Waals surface area contributed by atoms with Crippen LogP contribution in [0.5, 0.6) is 0 Å². The van der Waals surface area contributed by atoms with E-state index >= 15 is 0 Å². The number of fused-ring (bicyclic) bond motifs is 1. The molecular weight excluding hydrogens is 326 g/mol. The zero-order valence-corrected chi connectivity index (χ0v) is 14.0. The molecule has 128 valence electrons. The van der Waals surface area contributed by atoms with Crippen molar-refractivity contribution in [1.29, 1.82) is 0 Å². The number of non-ortho nitro benzene ring substituents is 1. The van der Waals surface area contributed by atoms with Gasteiger partial charge in [0, 0.05) is 18.6 Å². The number of hydrogen-bond acceptors (Lipinski definition) is 4. The molecule has 0 amide bonds. The van der Waals surface area contributed by atoms with Gasteiger partial charge >= 0.3 is 0 Å². The second-order valence-electron chi connectivity index (χ2n) is 6.19. The molecule has 26 heavy (non-hydrogen) atoms. The number of anilines is 1. The van der Waals surface area contributed by atoms with Gasteiger partial charge < -0.3 is 5.32 Å². The Labute approximate surface area is 151 Å². The minimum atomic E-state index is -0.379. The highest BCUT2D eigenvalue weighted by atomic mass is 16.6. The molecule has 3 aromatic carbocycles. The van der Waals surface area contributed by atoms with Crippen LogP contribution in [-0.4, -0.2) is 10.6 Å². The largest absolute Gasteiger partial charge is 0.376 e. The minimum absolute atomic E-state index is 0.0154. The van der Waals surface area contributed by atoms with Crippen LogP contribution in [-0.2, 0) is 0 Å². The van der Waals surface area contributed by atoms with Gasteiger partial charge in [0.25, 0.3) is 5.69 Å². The molecule has 1 aliphatic rings. The third-order valence-corrected chi connectivity index (χ3v) is 4.50. The van der Waals surface area contributed by atoms with Crippen LogP contribution in [0.2, 0.25) is 0 Å². The first-order valence-electron chi connectivity index (χ1n) is 8.43. The monoisotopic (exact) mass is 343 g/mol. The van der Waals surface area contributed by atoms with E-state index in [1.807, 2.05) is 54.6 Å². The van der Waals surface area contributed by atoms with E-state index in [1.165, 1.54) is 0 Å². The fourth-order valence-electron chi connectivity index (χ4n) is 3.16. The van der Waals surface area contributed by atoms with E-state index < -0.39 is 0 Å². The molecule has 5 nitrogen and oxygen atoms in total. The molecule has 1 unspecified atom stereocenters. The summed E-state index contributed by atoms with van der Waals surface area (Å²) in [5.74, 6) is 0. The Hall–Kier alpha value is -3.47. The number of nitrogens with one attached hydrogen (secondary N) is 1. The minimum Gasteiger partial charge on any atom is -0.376 e. The van der Waals surface area contributed by atoms with Gasteiger partial charge in [-0.05, 0) is 23.3 Å². The van der Waals surface area contributed by atoms with Crippen molar-refractivity contribution < 1.29 is 4.92 Å². The average Bonchev–Trinajstić information content (AvgIpc) is 2.88. The highest BCUT2D eigenvalue weighted by Gasteiger charge is 2.21. The molecule has 0 radical (unpaired) electrons. The summed E-state index contributed by atoms with van der Waals surface area (Å²) in [5.41, 5.74) is 5.03. The lowest BCUT2D eigenvalue weighted by Gasteiger charge is -2.19. The van der Waals surface area contributed by atoms with Gasteiger partial charge in [-0.2, -0.15) is 0 Å². The van der Waals surface area contributed by atoms with Crippen LogP contribution in [0.15, 0.2) is 83.9 Å². The number of para-hydroxylation sites is 2. The molecule has 0 fully saturated rings. The first kappa shape index (κ1) is 16.0. The van der Waals surface area contributed by atoms with E-state index in [4.69, 9.17) is 4.99 Å². The summed E-state index contributed by atoms with van der Waals surface area (Å²) in [6.45, 7) is 0. The summed E-state index contributed by atoms with van der Waals surface area (Å²) >= 11 is 0. The van der Waals surface area contributed by atoms with Crippen molar-refractivity contribution in [1.82, 2.24) is 0 Å². The molecule has 3 aromatic rings. The number of aliphatic imine (C=N–C) groups is 1. The number of nitrogens with zero attached hydrogens (tertiary/aromatic N) is 2. The van der Waals surface area contributed by atoms with E-state index in [0.29, 0.717) is 6.42 Å². The van der Waals surface area contributed by atoms with E-state index in [-0.39, 0.29) is 16.7 Å². The van der Waals surface area contributed by atoms with Gasteiger partial charge in [0.05, 0.1) is 28.1 Å². The first-order valence-corrected chi connectivity index (χ1v) is 8.43. The highest BCUT2D eigenvalue weighted by molar-refractivity contribution is 6.04. The van der Waals surface area contributed by atoms with E-state index in [0.717, 1.165) is 28.2 Å². The Kier molecular flexibility index (Phi) is 4.19. The molecule has 1 atom stereocenters. The summed E-state index contributed by atoms with van der Waals surface area (Å²) in [6, 6.07) is 24.7. The van der Waals surface area contributed by atoms with Gasteiger partial charge in [-0.1, -0.05) is 54.6 Å². The van der Waals surface area contributed by atoms with E-state index in [2.05, 4.69) is 17.4 Å². The van der Waals surface area contributed by atoms with Crippen molar-refractivity contribution in [2.45, 2.75) is 12.5 Å². The van der Waals surface area contributed by atoms with Crippen molar-refractivity contribution in [2.24, 2.45) is 4.99 Å². The molecule has 0 bridgehead atoms. The molecule has 1 heterocycles. The van der Waals surface area contributed by atoms with Crippen molar-refractivity contribution >= 4 is 22.8 Å². The smallest absolute Gasteiger partial charge is 0.269 e. The van der Waals surface area contributed by atoms with E-state index in [9.17, 15) is 10.1 Å². The van der Waals surface area contributed by atoms with E-state index in [1.54, 1.807) is 12.1 Å². The average molecular weight is 343 g/mol. The number of rotatable bonds is 3. The fourth-order valence-corrected chi connectivity index (χ4v) is 3.16. The highest BCUT2D eigenvalue weighted by Crippen LogP contribution is 2.35. The van der Waals surface area contributed by atoms with Crippen LogP contribution >= 0.6 is 0 Å². The lowest BCUT2D eigenvalue weighted by Crippen LogP contribution is -2.14. The Morgan fingerprint density at radius 2 is 1.62 bits per heavy atom. The lowest BCUT2D eigenvalue weighted by molar-refractivity contribution is -0.384. The fraction of sp³-hybridized carbons (Fsp3) is 0.0952. The molecule has 0 aliphatic carbocycles. The van der Waals surface area contributed by atoms with Crippen LogP contribution in [0, 0.1) is 10.1 Å². The summed E-state index contributed by atoms with van der Waals surface area (Å²) < 4.78 is 0. The number of nitro groups is 1. The second-order valence-corrected chi connectivity index (χ2v) is 6.19. The molecule has 4 rings (SSSR count). The van der Waals surface area contributed by atoms with Crippen molar-refractivity contribution in [3.05, 3.63) is 100 Å². The Balaban J connectivity index is 1.75. The van der Waals surface area contributed by atoms with Crippen LogP contribution in [0.25, 0.3) is 0 Å². The Bertz CT molecular complexity index is 966. The maximum atomic E-state index is 10.9. The normalized spacial score (nSPS) is 16.0. The summed E-state index contributed by atoms with van der Waals surface area (Å²) in [7, 11) is 0. The SMILES string of the molecule is O=[N+]([O-])c1ccc(C2CC(c3ccccc3)=Nc3ccccc3N2)cc1. The van der Waals surface area contributed by atoms with Crippen LogP contribution < -0.4 is 5.32 Å². The summed E-state index contributed by atoms with van der Waals surface area (Å²) in [5, 5.41) is 14.5. The maximum Gasteiger partial charge on any atom is 0.269 e. The summed E-state index contributed by atoms with van der Waals surface area (Å²) in [4.78, 5) is 15.4. The molecule has 0 spiro atoms. The molecule has 0 saturated carbocycles. The zero-order valence-electron chi connectivity index (χ0n) is 14.0. The predicted octanol–water partition coefficient (Wildman–Crippen LogP) is 5.27.